The zero-order chi connectivity index (χ0) is 17.8. The molecule has 5 nitrogen and oxygen atoms in total. The van der Waals surface area contributed by atoms with E-state index in [1.54, 1.807) is 11.3 Å². The first-order valence-electron chi connectivity index (χ1n) is 8.81. The van der Waals surface area contributed by atoms with E-state index in [2.05, 4.69) is 39.4 Å². The van der Waals surface area contributed by atoms with Gasteiger partial charge in [0.1, 0.15) is 5.01 Å². The Labute approximate surface area is 181 Å². The summed E-state index contributed by atoms with van der Waals surface area (Å²) in [5.74, 6) is 0.847. The van der Waals surface area contributed by atoms with Crippen molar-refractivity contribution >= 4 is 63.1 Å². The van der Waals surface area contributed by atoms with Gasteiger partial charge in [0, 0.05) is 37.2 Å². The molecule has 0 amide bonds. The highest BCUT2D eigenvalue weighted by atomic mass is 127. The average molecular weight is 508 g/mol. The summed E-state index contributed by atoms with van der Waals surface area (Å²) in [7, 11) is 1.82. The molecule has 0 aliphatic carbocycles. The summed E-state index contributed by atoms with van der Waals surface area (Å²) in [6.07, 6.45) is 2.30. The summed E-state index contributed by atoms with van der Waals surface area (Å²) in [4.78, 5) is 11.5. The topological polar surface area (TPSA) is 52.6 Å². The third-order valence-corrected chi connectivity index (χ3v) is 5.90. The quantitative estimate of drug-likeness (QED) is 0.372. The molecule has 0 atom stereocenters. The maximum Gasteiger partial charge on any atom is 0.191 e. The normalized spacial score (nSPS) is 16.7. The number of aromatic nitrogens is 1. The number of rotatable bonds is 4. The number of hydrogen-bond donors (Lipinski definition) is 2. The minimum atomic E-state index is 0. The zero-order valence-electron chi connectivity index (χ0n) is 15.5. The molecule has 3 rings (SSSR count). The lowest BCUT2D eigenvalue weighted by atomic mass is 10.0. The Morgan fingerprint density at radius 2 is 2.12 bits per heavy atom. The van der Waals surface area contributed by atoms with E-state index in [1.165, 1.54) is 0 Å². The lowest BCUT2D eigenvalue weighted by Gasteiger charge is -2.35. The van der Waals surface area contributed by atoms with E-state index < -0.39 is 0 Å². The first-order valence-corrected chi connectivity index (χ1v) is 10.0. The van der Waals surface area contributed by atoms with Crippen molar-refractivity contribution < 1.29 is 0 Å². The molecule has 0 radical (unpaired) electrons. The van der Waals surface area contributed by atoms with E-state index >= 15 is 0 Å². The van der Waals surface area contributed by atoms with Crippen LogP contribution in [0.1, 0.15) is 31.7 Å². The summed E-state index contributed by atoms with van der Waals surface area (Å²) in [6, 6.07) is 6.95. The van der Waals surface area contributed by atoms with Gasteiger partial charge in [-0.25, -0.2) is 4.98 Å². The number of thiazole rings is 1. The molecule has 0 saturated carbocycles. The van der Waals surface area contributed by atoms with Gasteiger partial charge in [-0.1, -0.05) is 11.6 Å². The molecule has 144 valence electrons. The van der Waals surface area contributed by atoms with Crippen LogP contribution in [0.5, 0.6) is 0 Å². The highest BCUT2D eigenvalue weighted by Gasteiger charge is 2.21. The molecule has 26 heavy (non-hydrogen) atoms. The van der Waals surface area contributed by atoms with Gasteiger partial charge in [0.25, 0.3) is 0 Å². The van der Waals surface area contributed by atoms with E-state index in [-0.39, 0.29) is 24.0 Å². The molecule has 0 bridgehead atoms. The Morgan fingerprint density at radius 3 is 2.77 bits per heavy atom. The van der Waals surface area contributed by atoms with Crippen molar-refractivity contribution in [3.8, 4) is 0 Å². The Hall–Kier alpha value is -0.640. The molecule has 2 heterocycles. The maximum atomic E-state index is 6.03. The number of piperidine rings is 1. The van der Waals surface area contributed by atoms with Crippen LogP contribution < -0.4 is 10.6 Å². The van der Waals surface area contributed by atoms with Crippen LogP contribution in [0.2, 0.25) is 5.02 Å². The Morgan fingerprint density at radius 1 is 1.38 bits per heavy atom. The van der Waals surface area contributed by atoms with Crippen LogP contribution in [0.3, 0.4) is 0 Å². The Bertz CT molecular complexity index is 740. The minimum absolute atomic E-state index is 0. The van der Waals surface area contributed by atoms with Gasteiger partial charge in [0.05, 0.1) is 16.8 Å². The van der Waals surface area contributed by atoms with Crippen LogP contribution in [-0.2, 0) is 6.54 Å². The van der Waals surface area contributed by atoms with Gasteiger partial charge in [-0.3, -0.25) is 4.99 Å². The van der Waals surface area contributed by atoms with Gasteiger partial charge in [0.15, 0.2) is 5.96 Å². The minimum Gasteiger partial charge on any atom is -0.354 e. The molecule has 1 aromatic heterocycles. The fourth-order valence-corrected chi connectivity index (χ4v) is 4.19. The van der Waals surface area contributed by atoms with Crippen molar-refractivity contribution in [2.45, 2.75) is 45.3 Å². The number of nitrogens with zero attached hydrogens (tertiary/aromatic N) is 3. The molecule has 0 unspecified atom stereocenters. The van der Waals surface area contributed by atoms with Crippen molar-refractivity contribution in [2.75, 3.05) is 20.1 Å². The van der Waals surface area contributed by atoms with Crippen LogP contribution in [0.4, 0.5) is 0 Å². The van der Waals surface area contributed by atoms with Crippen molar-refractivity contribution in [3.63, 3.8) is 0 Å². The van der Waals surface area contributed by atoms with E-state index in [1.807, 2.05) is 25.2 Å². The van der Waals surface area contributed by atoms with Crippen molar-refractivity contribution in [1.29, 1.82) is 0 Å². The summed E-state index contributed by atoms with van der Waals surface area (Å²) in [5, 5.41) is 8.69. The largest absolute Gasteiger partial charge is 0.354 e. The van der Waals surface area contributed by atoms with Crippen LogP contribution >= 0.6 is 46.9 Å². The van der Waals surface area contributed by atoms with E-state index in [4.69, 9.17) is 11.6 Å². The molecule has 1 fully saturated rings. The molecule has 1 aliphatic heterocycles. The summed E-state index contributed by atoms with van der Waals surface area (Å²) < 4.78 is 1.16. The second-order valence-corrected chi connectivity index (χ2v) is 8.25. The second-order valence-electron chi connectivity index (χ2n) is 6.69. The molecule has 1 saturated heterocycles. The first-order chi connectivity index (χ1) is 12.0. The number of guanidine groups is 1. The monoisotopic (exact) mass is 507 g/mol. The van der Waals surface area contributed by atoms with E-state index in [0.29, 0.717) is 18.6 Å². The second kappa shape index (κ2) is 10.1. The van der Waals surface area contributed by atoms with Gasteiger partial charge < -0.3 is 15.5 Å². The SMILES string of the molecule is CN=C(NCc1nc2cc(Cl)ccc2s1)NC1CCN(C(C)C)CC1.I. The summed E-state index contributed by atoms with van der Waals surface area (Å²) in [5.41, 5.74) is 0.957. The molecular weight excluding hydrogens is 481 g/mol. The third kappa shape index (κ3) is 5.68. The number of aliphatic imine (C=N–C) groups is 1. The summed E-state index contributed by atoms with van der Waals surface area (Å²) >= 11 is 7.72. The number of likely N-dealkylation sites (tertiary alicyclic amines) is 1. The standard InChI is InChI=1S/C18H26ClN5S.HI/c1-12(2)24-8-6-14(7-9-24)22-18(20-3)21-11-17-23-15-10-13(19)4-5-16(15)25-17;/h4-5,10,12,14H,6-9,11H2,1-3H3,(H2,20,21,22);1H. The molecule has 1 aliphatic rings. The number of hydrogen-bond acceptors (Lipinski definition) is 4. The Kier molecular flexibility index (Phi) is 8.38. The van der Waals surface area contributed by atoms with Gasteiger partial charge in [-0.05, 0) is 44.9 Å². The van der Waals surface area contributed by atoms with Gasteiger partial charge in [-0.15, -0.1) is 35.3 Å². The molecule has 0 spiro atoms. The predicted molar refractivity (Wildman–Crippen MR) is 123 cm³/mol. The number of nitrogens with one attached hydrogen (secondary N) is 2. The molecule has 2 N–H and O–H groups in total. The number of benzene rings is 1. The highest BCUT2D eigenvalue weighted by Crippen LogP contribution is 2.24. The zero-order valence-corrected chi connectivity index (χ0v) is 19.4. The van der Waals surface area contributed by atoms with E-state index in [9.17, 15) is 0 Å². The van der Waals surface area contributed by atoms with Crippen LogP contribution in [-0.4, -0.2) is 48.1 Å². The molecular formula is C18H27ClIN5S. The number of halogens is 2. The number of fused-ring (bicyclic) bond motifs is 1. The van der Waals surface area contributed by atoms with Crippen molar-refractivity contribution in [1.82, 2.24) is 20.5 Å². The molecule has 8 heteroatoms. The first kappa shape index (κ1) is 21.7. The summed E-state index contributed by atoms with van der Waals surface area (Å²) in [6.45, 7) is 7.48. The van der Waals surface area contributed by atoms with Crippen molar-refractivity contribution in [3.05, 3.63) is 28.2 Å². The van der Waals surface area contributed by atoms with Gasteiger partial charge >= 0.3 is 0 Å². The van der Waals surface area contributed by atoms with Gasteiger partial charge in [0.2, 0.25) is 0 Å². The fraction of sp³-hybridized carbons (Fsp3) is 0.556. The smallest absolute Gasteiger partial charge is 0.191 e. The van der Waals surface area contributed by atoms with Crippen LogP contribution in [0.25, 0.3) is 10.2 Å². The fourth-order valence-electron chi connectivity index (χ4n) is 3.13. The lowest BCUT2D eigenvalue weighted by molar-refractivity contribution is 0.167. The lowest BCUT2D eigenvalue weighted by Crippen LogP contribution is -2.49. The van der Waals surface area contributed by atoms with Gasteiger partial charge in [-0.2, -0.15) is 0 Å². The molecule has 2 aromatic rings. The molecule has 1 aromatic carbocycles. The maximum absolute atomic E-state index is 6.03. The average Bonchev–Trinajstić information content (AvgIpc) is 3.00. The van der Waals surface area contributed by atoms with E-state index in [0.717, 1.165) is 52.1 Å². The Balaban J connectivity index is 0.00000243. The third-order valence-electron chi connectivity index (χ3n) is 4.63. The predicted octanol–water partition coefficient (Wildman–Crippen LogP) is 4.11. The highest BCUT2D eigenvalue weighted by molar-refractivity contribution is 14.0. The van der Waals surface area contributed by atoms with Crippen LogP contribution in [0, 0.1) is 0 Å². The van der Waals surface area contributed by atoms with Crippen molar-refractivity contribution in [2.24, 2.45) is 4.99 Å². The van der Waals surface area contributed by atoms with Crippen LogP contribution in [0.15, 0.2) is 23.2 Å².